The van der Waals surface area contributed by atoms with Gasteiger partial charge in [0.15, 0.2) is 11.9 Å². The van der Waals surface area contributed by atoms with Crippen LogP contribution in [0.3, 0.4) is 0 Å². The van der Waals surface area contributed by atoms with Crippen LogP contribution in [0.1, 0.15) is 11.1 Å². The van der Waals surface area contributed by atoms with Crippen molar-refractivity contribution in [3.8, 4) is 0 Å². The van der Waals surface area contributed by atoms with Crippen molar-refractivity contribution in [1.29, 1.82) is 0 Å². The average Bonchev–Trinajstić information content (AvgIpc) is 3.42. The molecule has 3 aliphatic heterocycles. The Bertz CT molecular complexity index is 970. The van der Waals surface area contributed by atoms with Gasteiger partial charge in [0, 0.05) is 0 Å². The first-order valence-electron chi connectivity index (χ1n) is 10.8. The molecule has 33 heavy (non-hydrogen) atoms. The molecule has 2 bridgehead atoms. The maximum Gasteiger partial charge on any atom is 0.344 e. The third kappa shape index (κ3) is 3.66. The number of benzene rings is 2. The van der Waals surface area contributed by atoms with Gasteiger partial charge in [-0.3, -0.25) is 0 Å². The summed E-state index contributed by atoms with van der Waals surface area (Å²) in [7, 11) is 0. The number of carbonyl (C=O) groups excluding carboxylic acids is 1. The molecule has 3 N–H and O–H groups in total. The van der Waals surface area contributed by atoms with Gasteiger partial charge in [0.25, 0.3) is 0 Å². The summed E-state index contributed by atoms with van der Waals surface area (Å²) in [6.45, 7) is -0.105. The lowest BCUT2D eigenvalue weighted by Crippen LogP contribution is -2.77. The van der Waals surface area contributed by atoms with E-state index in [1.54, 1.807) is 0 Å². The first-order chi connectivity index (χ1) is 15.9. The van der Waals surface area contributed by atoms with Crippen molar-refractivity contribution in [2.75, 3.05) is 13.2 Å². The largest absolute Gasteiger partial charge is 0.460 e. The van der Waals surface area contributed by atoms with Crippen LogP contribution in [0.15, 0.2) is 60.7 Å². The number of hydrogen-bond acceptors (Lipinski definition) is 9. The van der Waals surface area contributed by atoms with E-state index in [0.29, 0.717) is 0 Å². The number of hydrogen-bond donors (Lipinski definition) is 3. The molecular formula is C24H26O9. The number of rotatable bonds is 7. The number of cyclic esters (lactones) is 1. The van der Waals surface area contributed by atoms with E-state index < -0.39 is 47.9 Å². The molecular weight excluding hydrogens is 432 g/mol. The SMILES string of the molecule is O=C1OC[C@@H](OCc2ccccc2)[C@]1(O)[C@@]1(O)[C@@H]2OC[C@@H](O2)[C@H](OCc2ccccc2)[C@@H]1O. The summed E-state index contributed by atoms with van der Waals surface area (Å²) in [6, 6.07) is 18.4. The zero-order valence-corrected chi connectivity index (χ0v) is 17.8. The number of aliphatic hydroxyl groups is 3. The highest BCUT2D eigenvalue weighted by molar-refractivity contribution is 5.84. The maximum atomic E-state index is 12.8. The monoisotopic (exact) mass is 458 g/mol. The Labute approximate surface area is 190 Å². The van der Waals surface area contributed by atoms with Gasteiger partial charge in [0.2, 0.25) is 5.60 Å². The highest BCUT2D eigenvalue weighted by atomic mass is 16.8. The van der Waals surface area contributed by atoms with Gasteiger partial charge < -0.3 is 39.0 Å². The second-order valence-electron chi connectivity index (χ2n) is 8.52. The molecule has 0 unspecified atom stereocenters. The topological polar surface area (TPSA) is 124 Å². The Kier molecular flexibility index (Phi) is 5.96. The molecule has 7 atom stereocenters. The van der Waals surface area contributed by atoms with E-state index in [4.69, 9.17) is 23.7 Å². The molecule has 0 spiro atoms. The minimum absolute atomic E-state index is 0.0180. The van der Waals surface area contributed by atoms with Gasteiger partial charge in [-0.15, -0.1) is 0 Å². The number of carbonyl (C=O) groups is 1. The quantitative estimate of drug-likeness (QED) is 0.502. The standard InChI is InChI=1S/C24H26O9/c25-20-19(30-12-16-9-5-2-6-10-16)17-13-32-22(33-17)24(20,28)23(27)18(14-31-21(23)26)29-11-15-7-3-1-4-8-15/h1-10,17-20,22,25,27-28H,11-14H2/t17-,18-,19+,20+,22-,23-,24+/m1/s1. The summed E-state index contributed by atoms with van der Waals surface area (Å²) >= 11 is 0. The highest BCUT2D eigenvalue weighted by Crippen LogP contribution is 2.47. The van der Waals surface area contributed by atoms with Crippen molar-refractivity contribution in [3.05, 3.63) is 71.8 Å². The molecule has 0 radical (unpaired) electrons. The molecule has 0 amide bonds. The summed E-state index contributed by atoms with van der Waals surface area (Å²) in [5.74, 6) is -1.12. The number of aliphatic hydroxyl groups excluding tert-OH is 1. The zero-order valence-electron chi connectivity index (χ0n) is 17.8. The predicted molar refractivity (Wildman–Crippen MR) is 112 cm³/mol. The Balaban J connectivity index is 1.40. The fourth-order valence-electron chi connectivity index (χ4n) is 4.66. The van der Waals surface area contributed by atoms with Crippen LogP contribution in [0, 0.1) is 0 Å². The summed E-state index contributed by atoms with van der Waals surface area (Å²) < 4.78 is 28.0. The Morgan fingerprint density at radius 3 is 2.15 bits per heavy atom. The lowest BCUT2D eigenvalue weighted by atomic mass is 9.72. The smallest absolute Gasteiger partial charge is 0.344 e. The summed E-state index contributed by atoms with van der Waals surface area (Å²) in [6.07, 6.45) is -6.21. The molecule has 3 aliphatic rings. The number of esters is 1. The normalized spacial score (nSPS) is 37.8. The Morgan fingerprint density at radius 2 is 1.52 bits per heavy atom. The lowest BCUT2D eigenvalue weighted by molar-refractivity contribution is -0.342. The van der Waals surface area contributed by atoms with Gasteiger partial charge in [0.1, 0.15) is 31.0 Å². The summed E-state index contributed by atoms with van der Waals surface area (Å²) in [5, 5.41) is 34.5. The van der Waals surface area contributed by atoms with Crippen LogP contribution in [0.4, 0.5) is 0 Å². The molecule has 0 aromatic heterocycles. The van der Waals surface area contributed by atoms with Gasteiger partial charge >= 0.3 is 5.97 Å². The van der Waals surface area contributed by atoms with E-state index in [1.165, 1.54) is 0 Å². The molecule has 5 rings (SSSR count). The van der Waals surface area contributed by atoms with Gasteiger partial charge in [0.05, 0.1) is 19.8 Å². The second-order valence-corrected chi connectivity index (χ2v) is 8.52. The van der Waals surface area contributed by atoms with E-state index in [2.05, 4.69) is 0 Å². The van der Waals surface area contributed by atoms with Gasteiger partial charge in [-0.25, -0.2) is 4.79 Å². The van der Waals surface area contributed by atoms with Crippen molar-refractivity contribution < 1.29 is 43.8 Å². The molecule has 9 heteroatoms. The first-order valence-corrected chi connectivity index (χ1v) is 10.8. The van der Waals surface area contributed by atoms with Gasteiger partial charge in [-0.05, 0) is 11.1 Å². The predicted octanol–water partition coefficient (Wildman–Crippen LogP) is 0.292. The third-order valence-corrected chi connectivity index (χ3v) is 6.53. The molecule has 3 heterocycles. The molecule has 0 aliphatic carbocycles. The summed E-state index contributed by atoms with van der Waals surface area (Å²) in [4.78, 5) is 12.8. The molecule has 3 fully saturated rings. The molecule has 0 saturated carbocycles. The van der Waals surface area contributed by atoms with Crippen LogP contribution in [0.25, 0.3) is 0 Å². The highest BCUT2D eigenvalue weighted by Gasteiger charge is 2.76. The average molecular weight is 458 g/mol. The van der Waals surface area contributed by atoms with E-state index in [0.717, 1.165) is 11.1 Å². The second kappa shape index (κ2) is 8.77. The van der Waals surface area contributed by atoms with E-state index in [1.807, 2.05) is 60.7 Å². The molecule has 9 nitrogen and oxygen atoms in total. The lowest BCUT2D eigenvalue weighted by Gasteiger charge is -2.50. The van der Waals surface area contributed by atoms with Crippen molar-refractivity contribution in [1.82, 2.24) is 0 Å². The van der Waals surface area contributed by atoms with Crippen LogP contribution in [0.5, 0.6) is 0 Å². The van der Waals surface area contributed by atoms with Gasteiger partial charge in [-0.1, -0.05) is 60.7 Å². The molecule has 2 aromatic carbocycles. The molecule has 2 aromatic rings. The van der Waals surface area contributed by atoms with Crippen molar-refractivity contribution in [2.45, 2.75) is 55.1 Å². The molecule has 176 valence electrons. The van der Waals surface area contributed by atoms with Crippen LogP contribution in [0.2, 0.25) is 0 Å². The van der Waals surface area contributed by atoms with E-state index in [-0.39, 0.29) is 26.4 Å². The fraction of sp³-hybridized carbons (Fsp3) is 0.458. The Hall–Kier alpha value is -2.37. The van der Waals surface area contributed by atoms with Crippen molar-refractivity contribution in [3.63, 3.8) is 0 Å². The van der Waals surface area contributed by atoms with Crippen LogP contribution in [-0.4, -0.2) is 76.4 Å². The number of fused-ring (bicyclic) bond motifs is 2. The molecule has 3 saturated heterocycles. The van der Waals surface area contributed by atoms with Crippen molar-refractivity contribution in [2.24, 2.45) is 0 Å². The van der Waals surface area contributed by atoms with Crippen LogP contribution >= 0.6 is 0 Å². The third-order valence-electron chi connectivity index (χ3n) is 6.53. The first kappa shape index (κ1) is 22.4. The Morgan fingerprint density at radius 1 is 0.909 bits per heavy atom. The van der Waals surface area contributed by atoms with E-state index in [9.17, 15) is 20.1 Å². The number of ether oxygens (including phenoxy) is 5. The minimum Gasteiger partial charge on any atom is -0.460 e. The van der Waals surface area contributed by atoms with Crippen LogP contribution in [-0.2, 0) is 41.7 Å². The van der Waals surface area contributed by atoms with E-state index >= 15 is 0 Å². The van der Waals surface area contributed by atoms with Crippen LogP contribution < -0.4 is 0 Å². The van der Waals surface area contributed by atoms with Gasteiger partial charge in [-0.2, -0.15) is 0 Å². The maximum absolute atomic E-state index is 12.8. The summed E-state index contributed by atoms with van der Waals surface area (Å²) in [5.41, 5.74) is -3.59. The zero-order chi connectivity index (χ0) is 23.1. The fourth-order valence-corrected chi connectivity index (χ4v) is 4.66. The van der Waals surface area contributed by atoms with Crippen molar-refractivity contribution >= 4 is 5.97 Å². The minimum atomic E-state index is -2.64.